The van der Waals surface area contributed by atoms with E-state index in [1.807, 2.05) is 0 Å². The van der Waals surface area contributed by atoms with Gasteiger partial charge in [-0.05, 0) is 39.5 Å². The Morgan fingerprint density at radius 2 is 2.00 bits per heavy atom. The predicted octanol–water partition coefficient (Wildman–Crippen LogP) is 3.98. The molecule has 0 aromatic carbocycles. The number of aliphatic imine (C=N–C) groups is 1. The van der Waals surface area contributed by atoms with E-state index in [0.717, 1.165) is 49.9 Å². The van der Waals surface area contributed by atoms with Crippen LogP contribution in [0.4, 0.5) is 0 Å². The summed E-state index contributed by atoms with van der Waals surface area (Å²) >= 11 is 0. The maximum absolute atomic E-state index is 5.50. The van der Waals surface area contributed by atoms with Gasteiger partial charge in [0.1, 0.15) is 6.54 Å². The van der Waals surface area contributed by atoms with E-state index in [-0.39, 0.29) is 24.0 Å². The lowest BCUT2D eigenvalue weighted by molar-refractivity contribution is 0.265. The van der Waals surface area contributed by atoms with E-state index < -0.39 is 0 Å². The van der Waals surface area contributed by atoms with Crippen LogP contribution in [-0.2, 0) is 6.54 Å². The average Bonchev–Trinajstić information content (AvgIpc) is 3.22. The summed E-state index contributed by atoms with van der Waals surface area (Å²) < 4.78 is 5.50. The second-order valence-corrected chi connectivity index (χ2v) is 7.70. The number of halogens is 1. The standard InChI is InChI=1S/C20H37N5O.HI/c1-7-16(8-2)18-10-17(26-24-18)11-22-20(21-9-3)23-19-13-25(14(4)5)12-15(19)6;/h10,14-16,19H,7-9,11-13H2,1-6H3,(H2,21,22,23);1H. The highest BCUT2D eigenvalue weighted by atomic mass is 127. The predicted molar refractivity (Wildman–Crippen MR) is 123 cm³/mol. The molecule has 0 spiro atoms. The molecule has 0 bridgehead atoms. The molecule has 2 heterocycles. The topological polar surface area (TPSA) is 65.7 Å². The Bertz CT molecular complexity index is 570. The minimum absolute atomic E-state index is 0. The number of rotatable bonds is 8. The van der Waals surface area contributed by atoms with Crippen molar-refractivity contribution in [3.63, 3.8) is 0 Å². The molecule has 0 saturated carbocycles. The molecule has 1 aliphatic heterocycles. The highest BCUT2D eigenvalue weighted by molar-refractivity contribution is 14.0. The Morgan fingerprint density at radius 1 is 1.30 bits per heavy atom. The molecule has 0 aliphatic carbocycles. The molecule has 1 aliphatic rings. The first kappa shape index (κ1) is 24.2. The van der Waals surface area contributed by atoms with Crippen molar-refractivity contribution in [3.05, 3.63) is 17.5 Å². The van der Waals surface area contributed by atoms with Gasteiger partial charge in [-0.15, -0.1) is 24.0 Å². The zero-order chi connectivity index (χ0) is 19.1. The van der Waals surface area contributed by atoms with E-state index in [9.17, 15) is 0 Å². The van der Waals surface area contributed by atoms with Crippen molar-refractivity contribution in [2.75, 3.05) is 19.6 Å². The lowest BCUT2D eigenvalue weighted by atomic mass is 9.99. The van der Waals surface area contributed by atoms with Crippen LogP contribution in [0.1, 0.15) is 71.8 Å². The summed E-state index contributed by atoms with van der Waals surface area (Å²) in [7, 11) is 0. The summed E-state index contributed by atoms with van der Waals surface area (Å²) in [5, 5.41) is 11.2. The van der Waals surface area contributed by atoms with Gasteiger partial charge in [0.2, 0.25) is 0 Å². The largest absolute Gasteiger partial charge is 0.359 e. The Labute approximate surface area is 181 Å². The molecule has 2 rings (SSSR count). The SMILES string of the molecule is CCNC(=NCc1cc(C(CC)CC)no1)NC1CN(C(C)C)CC1C.I. The van der Waals surface area contributed by atoms with Crippen LogP contribution in [0.25, 0.3) is 0 Å². The fourth-order valence-electron chi connectivity index (χ4n) is 3.57. The van der Waals surface area contributed by atoms with Gasteiger partial charge in [0.25, 0.3) is 0 Å². The van der Waals surface area contributed by atoms with Crippen molar-refractivity contribution >= 4 is 29.9 Å². The van der Waals surface area contributed by atoms with Gasteiger partial charge in [-0.25, -0.2) is 4.99 Å². The van der Waals surface area contributed by atoms with E-state index in [1.165, 1.54) is 0 Å². The maximum atomic E-state index is 5.50. The van der Waals surface area contributed by atoms with Crippen LogP contribution in [0.15, 0.2) is 15.6 Å². The van der Waals surface area contributed by atoms with E-state index in [4.69, 9.17) is 9.52 Å². The van der Waals surface area contributed by atoms with Crippen molar-refractivity contribution in [1.82, 2.24) is 20.7 Å². The molecule has 27 heavy (non-hydrogen) atoms. The van der Waals surface area contributed by atoms with Crippen LogP contribution >= 0.6 is 24.0 Å². The zero-order valence-corrected chi connectivity index (χ0v) is 20.1. The molecule has 7 heteroatoms. The Kier molecular flexibility index (Phi) is 10.7. The number of nitrogens with one attached hydrogen (secondary N) is 2. The van der Waals surface area contributed by atoms with Crippen molar-refractivity contribution in [2.24, 2.45) is 10.9 Å². The summed E-state index contributed by atoms with van der Waals surface area (Å²) in [4.78, 5) is 7.24. The van der Waals surface area contributed by atoms with E-state index in [2.05, 4.69) is 68.3 Å². The van der Waals surface area contributed by atoms with Gasteiger partial charge in [0.05, 0.1) is 5.69 Å². The molecular formula is C20H38IN5O. The third-order valence-electron chi connectivity index (χ3n) is 5.41. The molecular weight excluding hydrogens is 453 g/mol. The van der Waals surface area contributed by atoms with Crippen LogP contribution in [0.2, 0.25) is 0 Å². The molecule has 1 saturated heterocycles. The van der Waals surface area contributed by atoms with Gasteiger partial charge < -0.3 is 15.2 Å². The molecule has 2 N–H and O–H groups in total. The second-order valence-electron chi connectivity index (χ2n) is 7.70. The highest BCUT2D eigenvalue weighted by Crippen LogP contribution is 2.22. The minimum atomic E-state index is 0. The molecule has 0 radical (unpaired) electrons. The van der Waals surface area contributed by atoms with E-state index >= 15 is 0 Å². The lowest BCUT2D eigenvalue weighted by Gasteiger charge is -2.21. The Balaban J connectivity index is 0.00000364. The molecule has 0 amide bonds. The normalized spacial score (nSPS) is 21.0. The quantitative estimate of drug-likeness (QED) is 0.327. The third-order valence-corrected chi connectivity index (χ3v) is 5.41. The van der Waals surface area contributed by atoms with Gasteiger partial charge >= 0.3 is 0 Å². The molecule has 156 valence electrons. The lowest BCUT2D eigenvalue weighted by Crippen LogP contribution is -2.46. The van der Waals surface area contributed by atoms with Crippen LogP contribution in [0.3, 0.4) is 0 Å². The van der Waals surface area contributed by atoms with Gasteiger partial charge in [-0.2, -0.15) is 0 Å². The minimum Gasteiger partial charge on any atom is -0.359 e. The molecule has 2 atom stereocenters. The maximum Gasteiger partial charge on any atom is 0.191 e. The second kappa shape index (κ2) is 11.9. The third kappa shape index (κ3) is 6.93. The number of hydrogen-bond donors (Lipinski definition) is 2. The van der Waals surface area contributed by atoms with Gasteiger partial charge in [0.15, 0.2) is 11.7 Å². The van der Waals surface area contributed by atoms with Crippen LogP contribution < -0.4 is 10.6 Å². The fourth-order valence-corrected chi connectivity index (χ4v) is 3.57. The molecule has 6 nitrogen and oxygen atoms in total. The van der Waals surface area contributed by atoms with Crippen LogP contribution in [0.5, 0.6) is 0 Å². The first-order chi connectivity index (χ1) is 12.5. The fraction of sp³-hybridized carbons (Fsp3) is 0.800. The summed E-state index contributed by atoms with van der Waals surface area (Å²) in [5.41, 5.74) is 1.05. The van der Waals surface area contributed by atoms with Crippen molar-refractivity contribution < 1.29 is 4.52 Å². The monoisotopic (exact) mass is 491 g/mol. The number of hydrogen-bond acceptors (Lipinski definition) is 4. The van der Waals surface area contributed by atoms with Crippen molar-refractivity contribution in [3.8, 4) is 0 Å². The molecule has 1 aromatic heterocycles. The van der Waals surface area contributed by atoms with Crippen LogP contribution in [0, 0.1) is 5.92 Å². The number of guanidine groups is 1. The highest BCUT2D eigenvalue weighted by Gasteiger charge is 2.31. The zero-order valence-electron chi connectivity index (χ0n) is 17.8. The summed E-state index contributed by atoms with van der Waals surface area (Å²) in [6.07, 6.45) is 2.17. The first-order valence-corrected chi connectivity index (χ1v) is 10.2. The molecule has 1 fully saturated rings. The van der Waals surface area contributed by atoms with Crippen molar-refractivity contribution in [1.29, 1.82) is 0 Å². The van der Waals surface area contributed by atoms with Gasteiger partial charge in [-0.3, -0.25) is 4.90 Å². The van der Waals surface area contributed by atoms with E-state index in [0.29, 0.717) is 30.5 Å². The Hall–Kier alpha value is -0.830. The van der Waals surface area contributed by atoms with Crippen LogP contribution in [-0.4, -0.2) is 47.7 Å². The van der Waals surface area contributed by atoms with Gasteiger partial charge in [0, 0.05) is 43.7 Å². The molecule has 1 aromatic rings. The number of likely N-dealkylation sites (tertiary alicyclic amines) is 1. The summed E-state index contributed by atoms with van der Waals surface area (Å²) in [5.74, 6) is 2.76. The first-order valence-electron chi connectivity index (χ1n) is 10.2. The van der Waals surface area contributed by atoms with Crippen molar-refractivity contribution in [2.45, 2.75) is 78.9 Å². The number of aromatic nitrogens is 1. The number of nitrogens with zero attached hydrogens (tertiary/aromatic N) is 3. The average molecular weight is 491 g/mol. The Morgan fingerprint density at radius 3 is 2.56 bits per heavy atom. The molecule has 2 unspecified atom stereocenters. The summed E-state index contributed by atoms with van der Waals surface area (Å²) in [6, 6.07) is 3.06. The smallest absolute Gasteiger partial charge is 0.191 e. The van der Waals surface area contributed by atoms with E-state index in [1.54, 1.807) is 0 Å². The van der Waals surface area contributed by atoms with Gasteiger partial charge in [-0.1, -0.05) is 25.9 Å². The summed E-state index contributed by atoms with van der Waals surface area (Å²) in [6.45, 7) is 16.9.